The molecule has 2 heterocycles. The van der Waals surface area contributed by atoms with E-state index in [0.717, 1.165) is 35.5 Å². The predicted molar refractivity (Wildman–Crippen MR) is 117 cm³/mol. The summed E-state index contributed by atoms with van der Waals surface area (Å²) < 4.78 is 0. The van der Waals surface area contributed by atoms with Gasteiger partial charge in [-0.15, -0.1) is 0 Å². The highest BCUT2D eigenvalue weighted by Crippen LogP contribution is 2.23. The summed E-state index contributed by atoms with van der Waals surface area (Å²) in [5.41, 5.74) is 3.39. The van der Waals surface area contributed by atoms with Crippen LogP contribution in [0.2, 0.25) is 0 Å². The Labute approximate surface area is 170 Å². The number of fused-ring (bicyclic) bond motifs is 1. The molecule has 4 rings (SSSR count). The number of anilines is 2. The summed E-state index contributed by atoms with van der Waals surface area (Å²) >= 11 is 0. The quantitative estimate of drug-likeness (QED) is 0.508. The molecule has 0 radical (unpaired) electrons. The SMILES string of the molecule is N#Cc1cc(NCCN(Cc2ccccc2)c2ccccn2)c2ccccc2n1. The minimum Gasteiger partial charge on any atom is -0.383 e. The molecular formula is C24H21N5. The first-order valence-corrected chi connectivity index (χ1v) is 9.57. The van der Waals surface area contributed by atoms with Gasteiger partial charge in [0.1, 0.15) is 17.6 Å². The molecule has 0 amide bonds. The number of pyridine rings is 2. The molecule has 0 spiro atoms. The zero-order chi connectivity index (χ0) is 19.9. The summed E-state index contributed by atoms with van der Waals surface area (Å²) in [7, 11) is 0. The fourth-order valence-corrected chi connectivity index (χ4v) is 3.32. The van der Waals surface area contributed by atoms with Crippen molar-refractivity contribution < 1.29 is 0 Å². The average molecular weight is 379 g/mol. The lowest BCUT2D eigenvalue weighted by Crippen LogP contribution is -2.29. The summed E-state index contributed by atoms with van der Waals surface area (Å²) in [6.45, 7) is 2.26. The van der Waals surface area contributed by atoms with Gasteiger partial charge in [-0.05, 0) is 29.8 Å². The van der Waals surface area contributed by atoms with Gasteiger partial charge in [-0.2, -0.15) is 5.26 Å². The summed E-state index contributed by atoms with van der Waals surface area (Å²) in [4.78, 5) is 11.1. The first kappa shape index (κ1) is 18.5. The van der Waals surface area contributed by atoms with E-state index in [1.165, 1.54) is 5.56 Å². The zero-order valence-corrected chi connectivity index (χ0v) is 16.0. The molecule has 5 nitrogen and oxygen atoms in total. The van der Waals surface area contributed by atoms with E-state index >= 15 is 0 Å². The largest absolute Gasteiger partial charge is 0.383 e. The molecule has 1 N–H and O–H groups in total. The third-order valence-electron chi connectivity index (χ3n) is 4.72. The number of para-hydroxylation sites is 1. The zero-order valence-electron chi connectivity index (χ0n) is 16.0. The molecule has 5 heteroatoms. The van der Waals surface area contributed by atoms with E-state index in [1.54, 1.807) is 0 Å². The smallest absolute Gasteiger partial charge is 0.143 e. The van der Waals surface area contributed by atoms with Gasteiger partial charge in [0, 0.05) is 36.9 Å². The fourth-order valence-electron chi connectivity index (χ4n) is 3.32. The summed E-state index contributed by atoms with van der Waals surface area (Å²) in [6.07, 6.45) is 1.82. The summed E-state index contributed by atoms with van der Waals surface area (Å²) in [6, 6.07) is 28.2. The first-order chi connectivity index (χ1) is 14.3. The topological polar surface area (TPSA) is 64.8 Å². The molecular weight excluding hydrogens is 358 g/mol. The van der Waals surface area contributed by atoms with E-state index in [0.29, 0.717) is 12.2 Å². The summed E-state index contributed by atoms with van der Waals surface area (Å²) in [5.74, 6) is 0.940. The number of aromatic nitrogens is 2. The van der Waals surface area contributed by atoms with Gasteiger partial charge in [0.05, 0.1) is 5.52 Å². The molecule has 4 aromatic rings. The molecule has 142 valence electrons. The maximum Gasteiger partial charge on any atom is 0.143 e. The van der Waals surface area contributed by atoms with Crippen molar-refractivity contribution in [1.29, 1.82) is 5.26 Å². The van der Waals surface area contributed by atoms with Crippen LogP contribution in [-0.4, -0.2) is 23.1 Å². The van der Waals surface area contributed by atoms with Crippen LogP contribution in [0.1, 0.15) is 11.3 Å². The van der Waals surface area contributed by atoms with Gasteiger partial charge >= 0.3 is 0 Å². The Morgan fingerprint density at radius 1 is 0.931 bits per heavy atom. The Bertz CT molecular complexity index is 1120. The number of nitrogens with zero attached hydrogens (tertiary/aromatic N) is 4. The van der Waals surface area contributed by atoms with E-state index in [4.69, 9.17) is 0 Å². The maximum atomic E-state index is 9.29. The van der Waals surface area contributed by atoms with E-state index in [2.05, 4.69) is 50.5 Å². The van der Waals surface area contributed by atoms with E-state index < -0.39 is 0 Å². The van der Waals surface area contributed by atoms with Crippen molar-refractivity contribution >= 4 is 22.4 Å². The van der Waals surface area contributed by atoms with Crippen LogP contribution in [0.25, 0.3) is 10.9 Å². The Morgan fingerprint density at radius 2 is 1.72 bits per heavy atom. The normalized spacial score (nSPS) is 10.4. The van der Waals surface area contributed by atoms with E-state index in [-0.39, 0.29) is 0 Å². The van der Waals surface area contributed by atoms with Crippen LogP contribution in [-0.2, 0) is 6.54 Å². The van der Waals surface area contributed by atoms with Crippen molar-refractivity contribution in [2.75, 3.05) is 23.3 Å². The number of nitrogens with one attached hydrogen (secondary N) is 1. The monoisotopic (exact) mass is 379 g/mol. The molecule has 2 aromatic heterocycles. The molecule has 0 aliphatic heterocycles. The molecule has 0 aliphatic carbocycles. The third-order valence-corrected chi connectivity index (χ3v) is 4.72. The van der Waals surface area contributed by atoms with Gasteiger partial charge < -0.3 is 10.2 Å². The van der Waals surface area contributed by atoms with Crippen LogP contribution in [0, 0.1) is 11.3 Å². The third kappa shape index (κ3) is 4.50. The second kappa shape index (κ2) is 8.85. The number of hydrogen-bond acceptors (Lipinski definition) is 5. The van der Waals surface area contributed by atoms with Crippen molar-refractivity contribution in [3.63, 3.8) is 0 Å². The Hall–Kier alpha value is -3.91. The van der Waals surface area contributed by atoms with Gasteiger partial charge in [-0.1, -0.05) is 54.6 Å². The maximum absolute atomic E-state index is 9.29. The van der Waals surface area contributed by atoms with Crippen LogP contribution in [0.4, 0.5) is 11.5 Å². The van der Waals surface area contributed by atoms with Gasteiger partial charge in [0.15, 0.2) is 0 Å². The van der Waals surface area contributed by atoms with Crippen molar-refractivity contribution in [2.45, 2.75) is 6.54 Å². The highest BCUT2D eigenvalue weighted by Gasteiger charge is 2.10. The highest BCUT2D eigenvalue weighted by molar-refractivity contribution is 5.91. The molecule has 0 saturated carbocycles. The van der Waals surface area contributed by atoms with Crippen LogP contribution in [0.3, 0.4) is 0 Å². The molecule has 0 unspecified atom stereocenters. The Morgan fingerprint density at radius 3 is 2.52 bits per heavy atom. The molecule has 2 aromatic carbocycles. The number of nitriles is 1. The molecule has 0 atom stereocenters. The van der Waals surface area contributed by atoms with Gasteiger partial charge in [-0.25, -0.2) is 9.97 Å². The second-order valence-electron chi connectivity index (χ2n) is 6.71. The Balaban J connectivity index is 1.53. The molecule has 29 heavy (non-hydrogen) atoms. The van der Waals surface area contributed by atoms with Crippen molar-refractivity contribution in [2.24, 2.45) is 0 Å². The highest BCUT2D eigenvalue weighted by atomic mass is 15.2. The second-order valence-corrected chi connectivity index (χ2v) is 6.71. The number of rotatable bonds is 7. The predicted octanol–water partition coefficient (Wildman–Crippen LogP) is 4.62. The first-order valence-electron chi connectivity index (χ1n) is 9.57. The fraction of sp³-hybridized carbons (Fsp3) is 0.125. The van der Waals surface area contributed by atoms with Gasteiger partial charge in [0.25, 0.3) is 0 Å². The lowest BCUT2D eigenvalue weighted by Gasteiger charge is -2.24. The number of benzene rings is 2. The minimum absolute atomic E-state index is 0.414. The van der Waals surface area contributed by atoms with Crippen LogP contribution in [0.5, 0.6) is 0 Å². The lowest BCUT2D eigenvalue weighted by atomic mass is 10.1. The molecule has 0 aliphatic rings. The number of hydrogen-bond donors (Lipinski definition) is 1. The van der Waals surface area contributed by atoms with Crippen molar-refractivity contribution in [3.05, 3.63) is 96.3 Å². The van der Waals surface area contributed by atoms with E-state index in [9.17, 15) is 5.26 Å². The standard InChI is InChI=1S/C24H21N5/c25-17-20-16-23(21-10-4-5-11-22(21)28-20)26-14-15-29(24-12-6-7-13-27-24)18-19-8-2-1-3-9-19/h1-13,16H,14-15,18H2,(H,26,28). The summed E-state index contributed by atoms with van der Waals surface area (Å²) in [5, 5.41) is 13.8. The average Bonchev–Trinajstić information content (AvgIpc) is 2.79. The minimum atomic E-state index is 0.414. The van der Waals surface area contributed by atoms with Crippen LogP contribution >= 0.6 is 0 Å². The van der Waals surface area contributed by atoms with Crippen molar-refractivity contribution in [3.8, 4) is 6.07 Å². The van der Waals surface area contributed by atoms with Crippen LogP contribution < -0.4 is 10.2 Å². The van der Waals surface area contributed by atoms with Gasteiger partial charge in [-0.3, -0.25) is 0 Å². The Kier molecular flexibility index (Phi) is 5.63. The molecule has 0 bridgehead atoms. The lowest BCUT2D eigenvalue weighted by molar-refractivity contribution is 0.790. The van der Waals surface area contributed by atoms with E-state index in [1.807, 2.05) is 60.8 Å². The van der Waals surface area contributed by atoms with Gasteiger partial charge in [0.2, 0.25) is 0 Å². The van der Waals surface area contributed by atoms with Crippen molar-refractivity contribution in [1.82, 2.24) is 9.97 Å². The van der Waals surface area contributed by atoms with Crippen LogP contribution in [0.15, 0.2) is 85.1 Å². The molecule has 0 fully saturated rings. The molecule has 0 saturated heterocycles.